The van der Waals surface area contributed by atoms with Crippen molar-refractivity contribution < 1.29 is 18.7 Å². The van der Waals surface area contributed by atoms with E-state index in [1.165, 1.54) is 29.2 Å². The van der Waals surface area contributed by atoms with Gasteiger partial charge in [-0.3, -0.25) is 9.59 Å². The largest absolute Gasteiger partial charge is 0.493 e. The summed E-state index contributed by atoms with van der Waals surface area (Å²) < 4.78 is 18.1. The number of ether oxygens (including phenoxy) is 1. The minimum atomic E-state index is -0.341. The lowest BCUT2D eigenvalue weighted by atomic mass is 10.2. The van der Waals surface area contributed by atoms with Crippen LogP contribution in [0.4, 0.5) is 10.1 Å². The predicted octanol–water partition coefficient (Wildman–Crippen LogP) is 2.94. The lowest BCUT2D eigenvalue weighted by Crippen LogP contribution is -2.22. The first-order chi connectivity index (χ1) is 11.5. The first-order valence-corrected chi connectivity index (χ1v) is 7.45. The van der Waals surface area contributed by atoms with Crippen molar-refractivity contribution in [1.82, 2.24) is 4.90 Å². The lowest BCUT2D eigenvalue weighted by molar-refractivity contribution is -0.116. The molecule has 2 rings (SSSR count). The number of carbonyl (C=O) groups is 2. The maximum Gasteiger partial charge on any atom is 0.253 e. The van der Waals surface area contributed by atoms with Crippen LogP contribution in [0.25, 0.3) is 0 Å². The van der Waals surface area contributed by atoms with Gasteiger partial charge in [-0.15, -0.1) is 0 Å². The van der Waals surface area contributed by atoms with Crippen molar-refractivity contribution in [2.75, 3.05) is 26.0 Å². The van der Waals surface area contributed by atoms with Crippen molar-refractivity contribution in [3.63, 3.8) is 0 Å². The number of carbonyl (C=O) groups excluding carboxylic acids is 2. The first-order valence-electron chi connectivity index (χ1n) is 7.45. The Morgan fingerprint density at radius 2 is 1.83 bits per heavy atom. The van der Waals surface area contributed by atoms with Crippen molar-refractivity contribution in [1.29, 1.82) is 0 Å². The molecular weight excluding hydrogens is 311 g/mol. The third-order valence-electron chi connectivity index (χ3n) is 3.21. The Balaban J connectivity index is 1.85. The number of nitrogens with one attached hydrogen (secondary N) is 1. The van der Waals surface area contributed by atoms with E-state index < -0.39 is 0 Å². The molecule has 0 aliphatic carbocycles. The number of benzene rings is 2. The van der Waals surface area contributed by atoms with E-state index in [4.69, 9.17) is 4.74 Å². The van der Waals surface area contributed by atoms with E-state index >= 15 is 0 Å². The summed E-state index contributed by atoms with van der Waals surface area (Å²) in [5.74, 6) is -0.202. The molecule has 6 heteroatoms. The number of rotatable bonds is 6. The number of nitrogens with zero attached hydrogens (tertiary/aromatic N) is 1. The molecule has 0 unspecified atom stereocenters. The second-order valence-corrected chi connectivity index (χ2v) is 5.38. The average molecular weight is 330 g/mol. The zero-order chi connectivity index (χ0) is 17.5. The van der Waals surface area contributed by atoms with Crippen molar-refractivity contribution >= 4 is 17.5 Å². The van der Waals surface area contributed by atoms with Gasteiger partial charge in [0, 0.05) is 25.3 Å². The van der Waals surface area contributed by atoms with Crippen LogP contribution in [0.2, 0.25) is 0 Å². The molecule has 0 heterocycles. The summed E-state index contributed by atoms with van der Waals surface area (Å²) in [5.41, 5.74) is 1.05. The van der Waals surface area contributed by atoms with Crippen LogP contribution in [0.3, 0.4) is 0 Å². The van der Waals surface area contributed by atoms with Gasteiger partial charge in [0.15, 0.2) is 0 Å². The second-order valence-electron chi connectivity index (χ2n) is 5.38. The standard InChI is InChI=1S/C18H19FN2O3/c1-21(2)18(23)13-4-3-5-15(12-13)20-17(22)10-11-24-16-8-6-14(19)7-9-16/h3-9,12H,10-11H2,1-2H3,(H,20,22). The lowest BCUT2D eigenvalue weighted by Gasteiger charge is -2.12. The summed E-state index contributed by atoms with van der Waals surface area (Å²) in [4.78, 5) is 25.3. The van der Waals surface area contributed by atoms with Crippen LogP contribution in [-0.2, 0) is 4.79 Å². The maximum absolute atomic E-state index is 12.8. The third kappa shape index (κ3) is 5.08. The number of halogens is 1. The van der Waals surface area contributed by atoms with Gasteiger partial charge in [-0.2, -0.15) is 0 Å². The van der Waals surface area contributed by atoms with Crippen LogP contribution in [0.15, 0.2) is 48.5 Å². The molecule has 0 saturated carbocycles. The molecule has 2 aromatic rings. The van der Waals surface area contributed by atoms with Gasteiger partial charge in [0.05, 0.1) is 13.0 Å². The van der Waals surface area contributed by atoms with Crippen molar-refractivity contribution in [3.05, 3.63) is 59.9 Å². The van der Waals surface area contributed by atoms with E-state index in [1.54, 1.807) is 38.4 Å². The van der Waals surface area contributed by atoms with Crippen LogP contribution >= 0.6 is 0 Å². The maximum atomic E-state index is 12.8. The number of anilines is 1. The van der Waals surface area contributed by atoms with Crippen LogP contribution in [0, 0.1) is 5.82 Å². The van der Waals surface area contributed by atoms with Gasteiger partial charge in [0.25, 0.3) is 5.91 Å². The molecule has 5 nitrogen and oxygen atoms in total. The summed E-state index contributed by atoms with van der Waals surface area (Å²) in [5, 5.41) is 2.72. The Bertz CT molecular complexity index is 714. The first kappa shape index (κ1) is 17.5. The summed E-state index contributed by atoms with van der Waals surface area (Å²) in [6.07, 6.45) is 0.142. The van der Waals surface area contributed by atoms with Crippen LogP contribution in [-0.4, -0.2) is 37.4 Å². The highest BCUT2D eigenvalue weighted by Crippen LogP contribution is 2.13. The van der Waals surface area contributed by atoms with Gasteiger partial charge in [0.1, 0.15) is 11.6 Å². The average Bonchev–Trinajstić information content (AvgIpc) is 2.56. The topological polar surface area (TPSA) is 58.6 Å². The highest BCUT2D eigenvalue weighted by atomic mass is 19.1. The summed E-state index contributed by atoms with van der Waals surface area (Å²) in [7, 11) is 3.33. The minimum absolute atomic E-state index is 0.134. The predicted molar refractivity (Wildman–Crippen MR) is 89.6 cm³/mol. The van der Waals surface area contributed by atoms with E-state index in [2.05, 4.69) is 5.32 Å². The van der Waals surface area contributed by atoms with Crippen LogP contribution < -0.4 is 10.1 Å². The molecule has 0 fully saturated rings. The molecule has 1 N–H and O–H groups in total. The highest BCUT2D eigenvalue weighted by molar-refractivity contribution is 5.97. The van der Waals surface area contributed by atoms with Crippen LogP contribution in [0.5, 0.6) is 5.75 Å². The highest BCUT2D eigenvalue weighted by Gasteiger charge is 2.09. The molecule has 0 aromatic heterocycles. The SMILES string of the molecule is CN(C)C(=O)c1cccc(NC(=O)CCOc2ccc(F)cc2)c1. The van der Waals surface area contributed by atoms with Gasteiger partial charge in [-0.25, -0.2) is 4.39 Å². The van der Waals surface area contributed by atoms with Gasteiger partial charge < -0.3 is 15.0 Å². The van der Waals surface area contributed by atoms with Crippen LogP contribution in [0.1, 0.15) is 16.8 Å². The van der Waals surface area contributed by atoms with E-state index in [9.17, 15) is 14.0 Å². The Morgan fingerprint density at radius 3 is 2.50 bits per heavy atom. The summed E-state index contributed by atoms with van der Waals surface area (Å²) >= 11 is 0. The molecule has 2 amide bonds. The van der Waals surface area contributed by atoms with Gasteiger partial charge in [0.2, 0.25) is 5.91 Å². The Kier molecular flexibility index (Phi) is 5.89. The Labute approximate surface area is 140 Å². The molecule has 0 radical (unpaired) electrons. The normalized spacial score (nSPS) is 10.1. The molecule has 0 atom stereocenters. The molecule has 2 aromatic carbocycles. The quantitative estimate of drug-likeness (QED) is 0.886. The molecule has 0 spiro atoms. The zero-order valence-electron chi connectivity index (χ0n) is 13.6. The fourth-order valence-electron chi connectivity index (χ4n) is 2.00. The molecule has 0 aliphatic heterocycles. The van der Waals surface area contributed by atoms with Gasteiger partial charge >= 0.3 is 0 Å². The van der Waals surface area contributed by atoms with E-state index in [0.29, 0.717) is 17.0 Å². The van der Waals surface area contributed by atoms with Gasteiger partial charge in [-0.1, -0.05) is 6.07 Å². The van der Waals surface area contributed by atoms with E-state index in [0.717, 1.165) is 0 Å². The fourth-order valence-corrected chi connectivity index (χ4v) is 2.00. The van der Waals surface area contributed by atoms with Gasteiger partial charge in [-0.05, 0) is 42.5 Å². The van der Waals surface area contributed by atoms with Crippen molar-refractivity contribution in [3.8, 4) is 5.75 Å². The number of amides is 2. The fraction of sp³-hybridized carbons (Fsp3) is 0.222. The minimum Gasteiger partial charge on any atom is -0.493 e. The van der Waals surface area contributed by atoms with E-state index in [1.807, 2.05) is 0 Å². The van der Waals surface area contributed by atoms with E-state index in [-0.39, 0.29) is 30.7 Å². The monoisotopic (exact) mass is 330 g/mol. The van der Waals surface area contributed by atoms with Crippen molar-refractivity contribution in [2.45, 2.75) is 6.42 Å². The summed E-state index contributed by atoms with van der Waals surface area (Å²) in [6.45, 7) is 0.174. The molecule has 126 valence electrons. The Morgan fingerprint density at radius 1 is 1.12 bits per heavy atom. The molecular formula is C18H19FN2O3. The smallest absolute Gasteiger partial charge is 0.253 e. The molecule has 24 heavy (non-hydrogen) atoms. The third-order valence-corrected chi connectivity index (χ3v) is 3.21. The number of hydrogen-bond donors (Lipinski definition) is 1. The summed E-state index contributed by atoms with van der Waals surface area (Å²) in [6, 6.07) is 12.3. The Hall–Kier alpha value is -2.89. The molecule has 0 saturated heterocycles. The molecule has 0 aliphatic rings. The van der Waals surface area contributed by atoms with Crippen molar-refractivity contribution in [2.24, 2.45) is 0 Å². The second kappa shape index (κ2) is 8.10. The zero-order valence-corrected chi connectivity index (χ0v) is 13.6. The number of hydrogen-bond acceptors (Lipinski definition) is 3. The molecule has 0 bridgehead atoms.